The van der Waals surface area contributed by atoms with Crippen LogP contribution in [0.25, 0.3) is 21.8 Å². The Kier molecular flexibility index (Phi) is 4.15. The molecule has 0 aliphatic carbocycles. The fourth-order valence-corrected chi connectivity index (χ4v) is 3.06. The first-order chi connectivity index (χ1) is 11.2. The lowest BCUT2D eigenvalue weighted by Gasteiger charge is -2.09. The molecule has 3 aromatic rings. The van der Waals surface area contributed by atoms with E-state index in [1.165, 1.54) is 6.92 Å². The zero-order chi connectivity index (χ0) is 16.4. The number of aryl methyl sites for hydroxylation is 1. The van der Waals surface area contributed by atoms with Crippen LogP contribution in [-0.4, -0.2) is 16.8 Å². The van der Waals surface area contributed by atoms with Gasteiger partial charge in [0, 0.05) is 35.3 Å². The average molecular weight is 308 g/mol. The Morgan fingerprint density at radius 1 is 1.17 bits per heavy atom. The van der Waals surface area contributed by atoms with Crippen LogP contribution < -0.4 is 5.32 Å². The number of nitrogens with zero attached hydrogens (tertiary/aromatic N) is 1. The van der Waals surface area contributed by atoms with Gasteiger partial charge in [0.2, 0.25) is 5.91 Å². The van der Waals surface area contributed by atoms with Crippen LogP contribution in [0.15, 0.2) is 36.4 Å². The molecule has 3 rings (SSSR count). The first kappa shape index (κ1) is 15.3. The highest BCUT2D eigenvalue weighted by Crippen LogP contribution is 2.33. The van der Waals surface area contributed by atoms with Crippen LogP contribution in [0.1, 0.15) is 37.0 Å². The average Bonchev–Trinajstić information content (AvgIpc) is 2.84. The molecule has 2 aromatic carbocycles. The number of unbranched alkanes of at least 4 members (excludes halogenated alkanes) is 1. The van der Waals surface area contributed by atoms with Crippen molar-refractivity contribution in [2.24, 2.45) is 0 Å². The molecule has 1 N–H and O–H groups in total. The molecule has 0 spiro atoms. The van der Waals surface area contributed by atoms with Gasteiger partial charge < -0.3 is 9.88 Å². The largest absolute Gasteiger partial charge is 0.340 e. The van der Waals surface area contributed by atoms with Crippen molar-refractivity contribution >= 4 is 39.7 Å². The van der Waals surface area contributed by atoms with Crippen LogP contribution in [0.4, 0.5) is 5.69 Å². The summed E-state index contributed by atoms with van der Waals surface area (Å²) in [7, 11) is 0. The zero-order valence-electron chi connectivity index (χ0n) is 13.4. The molecule has 0 fully saturated rings. The highest BCUT2D eigenvalue weighted by atomic mass is 16.1. The minimum atomic E-state index is -0.177. The maximum atomic E-state index is 11.4. The van der Waals surface area contributed by atoms with Gasteiger partial charge in [0.1, 0.15) is 0 Å². The summed E-state index contributed by atoms with van der Waals surface area (Å²) < 4.78 is 2.27. The number of amides is 1. The Morgan fingerprint density at radius 2 is 1.96 bits per heavy atom. The van der Waals surface area contributed by atoms with Crippen LogP contribution in [0.2, 0.25) is 0 Å². The van der Waals surface area contributed by atoms with Gasteiger partial charge in [0.25, 0.3) is 0 Å². The molecule has 0 atom stereocenters. The quantitative estimate of drug-likeness (QED) is 0.712. The molecule has 118 valence electrons. The summed E-state index contributed by atoms with van der Waals surface area (Å²) in [6.45, 7) is 4.53. The predicted octanol–water partition coefficient (Wildman–Crippen LogP) is 4.37. The molecule has 1 heterocycles. The van der Waals surface area contributed by atoms with Gasteiger partial charge in [-0.1, -0.05) is 31.5 Å². The molecule has 23 heavy (non-hydrogen) atoms. The minimum Gasteiger partial charge on any atom is -0.340 e. The Bertz CT molecular complexity index is 893. The number of para-hydroxylation sites is 1. The molecule has 0 bridgehead atoms. The van der Waals surface area contributed by atoms with Gasteiger partial charge in [-0.2, -0.15) is 0 Å². The predicted molar refractivity (Wildman–Crippen MR) is 94.0 cm³/mol. The van der Waals surface area contributed by atoms with Crippen molar-refractivity contribution in [1.29, 1.82) is 0 Å². The van der Waals surface area contributed by atoms with Crippen LogP contribution in [0.3, 0.4) is 0 Å². The van der Waals surface area contributed by atoms with E-state index in [4.69, 9.17) is 0 Å². The van der Waals surface area contributed by atoms with Gasteiger partial charge in [-0.05, 0) is 24.6 Å². The van der Waals surface area contributed by atoms with E-state index < -0.39 is 0 Å². The summed E-state index contributed by atoms with van der Waals surface area (Å²) in [6, 6.07) is 12.0. The summed E-state index contributed by atoms with van der Waals surface area (Å²) in [5.41, 5.74) is 3.29. The molecule has 0 unspecified atom stereocenters. The highest BCUT2D eigenvalue weighted by Gasteiger charge is 2.14. The van der Waals surface area contributed by atoms with E-state index in [1.54, 1.807) is 0 Å². The van der Waals surface area contributed by atoms with Crippen LogP contribution >= 0.6 is 0 Å². The van der Waals surface area contributed by atoms with Crippen molar-refractivity contribution in [1.82, 2.24) is 4.57 Å². The number of anilines is 1. The van der Waals surface area contributed by atoms with Crippen molar-refractivity contribution < 1.29 is 9.59 Å². The number of aromatic nitrogens is 1. The summed E-state index contributed by atoms with van der Waals surface area (Å²) in [5, 5.41) is 4.94. The lowest BCUT2D eigenvalue weighted by atomic mass is 10.1. The van der Waals surface area contributed by atoms with E-state index >= 15 is 0 Å². The first-order valence-corrected chi connectivity index (χ1v) is 7.93. The van der Waals surface area contributed by atoms with Gasteiger partial charge in [0.05, 0.1) is 11.2 Å². The van der Waals surface area contributed by atoms with Gasteiger partial charge in [-0.15, -0.1) is 0 Å². The molecule has 4 heteroatoms. The lowest BCUT2D eigenvalue weighted by Crippen LogP contribution is -2.08. The van der Waals surface area contributed by atoms with E-state index in [9.17, 15) is 9.59 Å². The fourth-order valence-electron chi connectivity index (χ4n) is 3.06. The lowest BCUT2D eigenvalue weighted by molar-refractivity contribution is -0.114. The molecule has 0 saturated carbocycles. The number of carbonyl (C=O) groups excluding carboxylic acids is 2. The topological polar surface area (TPSA) is 51.1 Å². The fraction of sp³-hybridized carbons (Fsp3) is 0.263. The minimum absolute atomic E-state index is 0.177. The standard InChI is InChI=1S/C19H20N2O2/c1-3-4-9-21-18-8-6-5-7-15(18)16-10-14(12-22)17(11-19(16)21)20-13(2)23/h5-8,10-12H,3-4,9H2,1-2H3,(H,20,23). The number of nitrogens with one attached hydrogen (secondary N) is 1. The van der Waals surface area contributed by atoms with Crippen molar-refractivity contribution in [2.45, 2.75) is 33.2 Å². The van der Waals surface area contributed by atoms with Crippen molar-refractivity contribution in [3.05, 3.63) is 42.0 Å². The Morgan fingerprint density at radius 3 is 2.65 bits per heavy atom. The maximum Gasteiger partial charge on any atom is 0.221 e. The zero-order valence-corrected chi connectivity index (χ0v) is 13.4. The van der Waals surface area contributed by atoms with Crippen molar-refractivity contribution in [3.63, 3.8) is 0 Å². The third-order valence-electron chi connectivity index (χ3n) is 4.12. The first-order valence-electron chi connectivity index (χ1n) is 7.93. The molecule has 1 amide bonds. The van der Waals surface area contributed by atoms with Crippen LogP contribution in [-0.2, 0) is 11.3 Å². The number of carbonyl (C=O) groups is 2. The molecular formula is C19H20N2O2. The van der Waals surface area contributed by atoms with Crippen molar-refractivity contribution in [3.8, 4) is 0 Å². The monoisotopic (exact) mass is 308 g/mol. The second kappa shape index (κ2) is 6.24. The van der Waals surface area contributed by atoms with Gasteiger partial charge in [-0.3, -0.25) is 9.59 Å². The Labute approximate surface area is 135 Å². The van der Waals surface area contributed by atoms with Crippen LogP contribution in [0.5, 0.6) is 0 Å². The summed E-state index contributed by atoms with van der Waals surface area (Å²) in [5.74, 6) is -0.177. The second-order valence-electron chi connectivity index (χ2n) is 5.78. The van der Waals surface area contributed by atoms with Gasteiger partial charge in [-0.25, -0.2) is 0 Å². The Balaban J connectivity index is 2.32. The number of aldehydes is 1. The van der Waals surface area contributed by atoms with Crippen molar-refractivity contribution in [2.75, 3.05) is 5.32 Å². The number of hydrogen-bond donors (Lipinski definition) is 1. The molecule has 0 saturated heterocycles. The molecule has 0 radical (unpaired) electrons. The third kappa shape index (κ3) is 2.72. The maximum absolute atomic E-state index is 11.4. The normalized spacial score (nSPS) is 11.0. The van der Waals surface area contributed by atoms with E-state index in [2.05, 4.69) is 28.9 Å². The summed E-state index contributed by atoms with van der Waals surface area (Å²) >= 11 is 0. The van der Waals surface area contributed by atoms with E-state index in [-0.39, 0.29) is 5.91 Å². The number of hydrogen-bond acceptors (Lipinski definition) is 2. The van der Waals surface area contributed by atoms with E-state index in [0.717, 1.165) is 47.5 Å². The Hall–Kier alpha value is -2.62. The number of fused-ring (bicyclic) bond motifs is 3. The smallest absolute Gasteiger partial charge is 0.221 e. The van der Waals surface area contributed by atoms with E-state index in [1.807, 2.05) is 24.3 Å². The second-order valence-corrected chi connectivity index (χ2v) is 5.78. The number of rotatable bonds is 5. The summed E-state index contributed by atoms with van der Waals surface area (Å²) in [4.78, 5) is 22.8. The van der Waals surface area contributed by atoms with Crippen LogP contribution in [0, 0.1) is 0 Å². The molecular weight excluding hydrogens is 288 g/mol. The molecule has 0 aliphatic heterocycles. The van der Waals surface area contributed by atoms with Gasteiger partial charge in [0.15, 0.2) is 6.29 Å². The molecule has 4 nitrogen and oxygen atoms in total. The van der Waals surface area contributed by atoms with E-state index in [0.29, 0.717) is 11.3 Å². The molecule has 0 aliphatic rings. The third-order valence-corrected chi connectivity index (χ3v) is 4.12. The summed E-state index contributed by atoms with van der Waals surface area (Å²) in [6.07, 6.45) is 2.99. The highest BCUT2D eigenvalue weighted by molar-refractivity contribution is 6.12. The number of benzene rings is 2. The SMILES string of the molecule is CCCCn1c2ccccc2c2cc(C=O)c(NC(C)=O)cc21. The molecule has 1 aromatic heterocycles. The van der Waals surface area contributed by atoms with Gasteiger partial charge >= 0.3 is 0 Å².